The summed E-state index contributed by atoms with van der Waals surface area (Å²) in [6, 6.07) is 3.07. The smallest absolute Gasteiger partial charge is 0.355 e. The standard InChI is InChI=1S/C17H18FN3O5/c1-5-26-17(23)15-9(2)14(10(3)20(15)4)16(22)19-11-6-7-12(18)13(8-11)21(24)25/h6-8H,5H2,1-4H3,(H,19,22). The number of rotatable bonds is 5. The van der Waals surface area contributed by atoms with Gasteiger partial charge >= 0.3 is 11.7 Å². The number of ether oxygens (including phenoxy) is 1. The molecule has 0 bridgehead atoms. The van der Waals surface area contributed by atoms with Crippen molar-refractivity contribution >= 4 is 23.3 Å². The molecule has 0 unspecified atom stereocenters. The van der Waals surface area contributed by atoms with Gasteiger partial charge in [0.2, 0.25) is 5.82 Å². The molecule has 0 aliphatic rings. The number of hydrogen-bond acceptors (Lipinski definition) is 5. The van der Waals surface area contributed by atoms with Crippen LogP contribution in [0.3, 0.4) is 0 Å². The van der Waals surface area contributed by atoms with E-state index in [-0.39, 0.29) is 23.6 Å². The molecule has 9 heteroatoms. The van der Waals surface area contributed by atoms with Crippen LogP contribution in [-0.2, 0) is 11.8 Å². The lowest BCUT2D eigenvalue weighted by molar-refractivity contribution is -0.387. The number of benzene rings is 1. The third-order valence-electron chi connectivity index (χ3n) is 4.03. The molecule has 138 valence electrons. The van der Waals surface area contributed by atoms with Crippen molar-refractivity contribution in [1.82, 2.24) is 4.57 Å². The zero-order chi connectivity index (χ0) is 19.6. The molecule has 1 amide bonds. The van der Waals surface area contributed by atoms with E-state index in [0.29, 0.717) is 11.3 Å². The first-order chi connectivity index (χ1) is 12.2. The zero-order valence-corrected chi connectivity index (χ0v) is 14.8. The van der Waals surface area contributed by atoms with Crippen LogP contribution in [0.4, 0.5) is 15.8 Å². The van der Waals surface area contributed by atoms with Crippen LogP contribution in [0.2, 0.25) is 0 Å². The molecule has 0 atom stereocenters. The van der Waals surface area contributed by atoms with Gasteiger partial charge in [-0.3, -0.25) is 14.9 Å². The van der Waals surface area contributed by atoms with Gasteiger partial charge in [-0.15, -0.1) is 0 Å². The monoisotopic (exact) mass is 363 g/mol. The quantitative estimate of drug-likeness (QED) is 0.499. The summed E-state index contributed by atoms with van der Waals surface area (Å²) in [5.41, 5.74) is 0.791. The Morgan fingerprint density at radius 3 is 2.58 bits per heavy atom. The minimum Gasteiger partial charge on any atom is -0.461 e. The first-order valence-corrected chi connectivity index (χ1v) is 7.77. The van der Waals surface area contributed by atoms with Gasteiger partial charge in [0.1, 0.15) is 5.69 Å². The molecule has 0 saturated heterocycles. The fourth-order valence-corrected chi connectivity index (χ4v) is 2.72. The van der Waals surface area contributed by atoms with Gasteiger partial charge in [-0.05, 0) is 38.5 Å². The molecule has 2 rings (SSSR count). The van der Waals surface area contributed by atoms with Gasteiger partial charge in [-0.1, -0.05) is 0 Å². The lowest BCUT2D eigenvalue weighted by atomic mass is 10.1. The van der Waals surface area contributed by atoms with E-state index in [1.807, 2.05) is 0 Å². The van der Waals surface area contributed by atoms with Gasteiger partial charge in [-0.25, -0.2) is 4.79 Å². The number of anilines is 1. The summed E-state index contributed by atoms with van der Waals surface area (Å²) in [6.07, 6.45) is 0. The average Bonchev–Trinajstić information content (AvgIpc) is 2.78. The molecular weight excluding hydrogens is 345 g/mol. The molecule has 0 fully saturated rings. The second-order valence-electron chi connectivity index (χ2n) is 5.59. The summed E-state index contributed by atoms with van der Waals surface area (Å²) < 4.78 is 20.0. The van der Waals surface area contributed by atoms with Crippen molar-refractivity contribution in [3.63, 3.8) is 0 Å². The topological polar surface area (TPSA) is 103 Å². The lowest BCUT2D eigenvalue weighted by Gasteiger charge is -2.06. The molecular formula is C17H18FN3O5. The van der Waals surface area contributed by atoms with E-state index in [1.54, 1.807) is 32.4 Å². The van der Waals surface area contributed by atoms with Crippen LogP contribution >= 0.6 is 0 Å². The number of hydrogen-bond donors (Lipinski definition) is 1. The molecule has 1 aromatic heterocycles. The molecule has 26 heavy (non-hydrogen) atoms. The van der Waals surface area contributed by atoms with E-state index >= 15 is 0 Å². The van der Waals surface area contributed by atoms with Crippen molar-refractivity contribution in [1.29, 1.82) is 0 Å². The number of aromatic nitrogens is 1. The van der Waals surface area contributed by atoms with E-state index in [4.69, 9.17) is 4.74 Å². The fraction of sp³-hybridized carbons (Fsp3) is 0.294. The molecule has 1 N–H and O–H groups in total. The van der Waals surface area contributed by atoms with Crippen LogP contribution in [-0.4, -0.2) is 28.0 Å². The van der Waals surface area contributed by atoms with Crippen LogP contribution in [0.25, 0.3) is 0 Å². The summed E-state index contributed by atoms with van der Waals surface area (Å²) >= 11 is 0. The average molecular weight is 363 g/mol. The van der Waals surface area contributed by atoms with Gasteiger partial charge in [0, 0.05) is 24.5 Å². The normalized spacial score (nSPS) is 10.5. The number of halogens is 1. The minimum atomic E-state index is -0.996. The van der Waals surface area contributed by atoms with E-state index in [9.17, 15) is 24.1 Å². The van der Waals surface area contributed by atoms with E-state index in [1.165, 1.54) is 6.07 Å². The Kier molecular flexibility index (Phi) is 5.39. The number of carbonyl (C=O) groups excluding carboxylic acids is 2. The maximum Gasteiger partial charge on any atom is 0.355 e. The summed E-state index contributed by atoms with van der Waals surface area (Å²) in [6.45, 7) is 5.15. The van der Waals surface area contributed by atoms with Crippen molar-refractivity contribution in [3.8, 4) is 0 Å². The number of esters is 1. The predicted molar refractivity (Wildman–Crippen MR) is 91.9 cm³/mol. The highest BCUT2D eigenvalue weighted by Gasteiger charge is 2.26. The first kappa shape index (κ1) is 19.1. The van der Waals surface area contributed by atoms with Gasteiger partial charge in [-0.2, -0.15) is 4.39 Å². The third-order valence-corrected chi connectivity index (χ3v) is 4.03. The third kappa shape index (κ3) is 3.41. The fourth-order valence-electron chi connectivity index (χ4n) is 2.72. The van der Waals surface area contributed by atoms with E-state index < -0.39 is 28.3 Å². The molecule has 0 aliphatic heterocycles. The van der Waals surface area contributed by atoms with Crippen LogP contribution in [0.5, 0.6) is 0 Å². The maximum absolute atomic E-state index is 13.4. The highest BCUT2D eigenvalue weighted by Crippen LogP contribution is 2.25. The Labute approximate surface area is 148 Å². The van der Waals surface area contributed by atoms with Crippen LogP contribution in [0.1, 0.15) is 39.0 Å². The second-order valence-corrected chi connectivity index (χ2v) is 5.59. The predicted octanol–water partition coefficient (Wildman–Crippen LogP) is 3.12. The van der Waals surface area contributed by atoms with Gasteiger partial charge in [0.15, 0.2) is 0 Å². The highest BCUT2D eigenvalue weighted by atomic mass is 19.1. The van der Waals surface area contributed by atoms with Crippen molar-refractivity contribution in [2.24, 2.45) is 7.05 Å². The lowest BCUT2D eigenvalue weighted by Crippen LogP contribution is -2.14. The Hall–Kier alpha value is -3.23. The summed E-state index contributed by atoms with van der Waals surface area (Å²) in [5, 5.41) is 13.3. The Bertz CT molecular complexity index is 904. The molecule has 1 aromatic carbocycles. The Morgan fingerprint density at radius 2 is 2.00 bits per heavy atom. The molecule has 0 spiro atoms. The van der Waals surface area contributed by atoms with E-state index in [0.717, 1.165) is 12.1 Å². The molecule has 2 aromatic rings. The first-order valence-electron chi connectivity index (χ1n) is 7.77. The largest absolute Gasteiger partial charge is 0.461 e. The second kappa shape index (κ2) is 7.34. The molecule has 0 radical (unpaired) electrons. The SMILES string of the molecule is CCOC(=O)c1c(C)c(C(=O)Nc2ccc(F)c([N+](=O)[O-])c2)c(C)n1C. The van der Waals surface area contributed by atoms with Crippen molar-refractivity contribution in [2.75, 3.05) is 11.9 Å². The van der Waals surface area contributed by atoms with Crippen LogP contribution < -0.4 is 5.32 Å². The molecule has 8 nitrogen and oxygen atoms in total. The number of nitrogens with zero attached hydrogens (tertiary/aromatic N) is 2. The Morgan fingerprint density at radius 1 is 1.35 bits per heavy atom. The molecule has 1 heterocycles. The van der Waals surface area contributed by atoms with Gasteiger partial charge < -0.3 is 14.6 Å². The number of carbonyl (C=O) groups is 2. The summed E-state index contributed by atoms with van der Waals surface area (Å²) in [5.74, 6) is -2.11. The van der Waals surface area contributed by atoms with Crippen LogP contribution in [0.15, 0.2) is 18.2 Å². The van der Waals surface area contributed by atoms with Crippen molar-refractivity contribution in [3.05, 3.63) is 56.6 Å². The van der Waals surface area contributed by atoms with Crippen molar-refractivity contribution < 1.29 is 23.6 Å². The number of nitrogens with one attached hydrogen (secondary N) is 1. The zero-order valence-electron chi connectivity index (χ0n) is 14.8. The van der Waals surface area contributed by atoms with Gasteiger partial charge in [0.05, 0.1) is 17.1 Å². The number of nitro benzene ring substituents is 1. The maximum atomic E-state index is 13.4. The number of nitro groups is 1. The van der Waals surface area contributed by atoms with Crippen molar-refractivity contribution in [2.45, 2.75) is 20.8 Å². The van der Waals surface area contributed by atoms with E-state index in [2.05, 4.69) is 5.32 Å². The number of amides is 1. The Balaban J connectivity index is 2.39. The molecule has 0 saturated carbocycles. The summed E-state index contributed by atoms with van der Waals surface area (Å²) in [4.78, 5) is 34.7. The highest BCUT2D eigenvalue weighted by molar-refractivity contribution is 6.08. The van der Waals surface area contributed by atoms with Gasteiger partial charge in [0.25, 0.3) is 5.91 Å². The molecule has 0 aliphatic carbocycles. The summed E-state index contributed by atoms with van der Waals surface area (Å²) in [7, 11) is 1.63. The van der Waals surface area contributed by atoms with Crippen LogP contribution in [0, 0.1) is 29.8 Å². The minimum absolute atomic E-state index is 0.0726.